The maximum absolute atomic E-state index is 8.83. The predicted molar refractivity (Wildman–Crippen MR) is 73.8 cm³/mol. The van der Waals surface area contributed by atoms with Crippen molar-refractivity contribution in [3.05, 3.63) is 29.3 Å². The van der Waals surface area contributed by atoms with Crippen LogP contribution in [-0.2, 0) is 0 Å². The maximum Gasteiger partial charge on any atom is 0.122 e. The van der Waals surface area contributed by atoms with Gasteiger partial charge in [-0.1, -0.05) is 26.0 Å². The molecule has 1 aromatic rings. The van der Waals surface area contributed by atoms with Gasteiger partial charge in [-0.3, -0.25) is 0 Å². The highest BCUT2D eigenvalue weighted by molar-refractivity contribution is 5.37. The lowest BCUT2D eigenvalue weighted by atomic mass is 10.0. The van der Waals surface area contributed by atoms with Gasteiger partial charge in [-0.25, -0.2) is 0 Å². The molecular formula is C15H22N2O. The van der Waals surface area contributed by atoms with Gasteiger partial charge in [-0.15, -0.1) is 0 Å². The van der Waals surface area contributed by atoms with E-state index in [1.165, 1.54) is 5.56 Å². The Kier molecular flexibility index (Phi) is 5.67. The number of hydrogen-bond acceptors (Lipinski definition) is 3. The molecule has 0 aromatic heterocycles. The molecule has 1 N–H and O–H groups in total. The summed E-state index contributed by atoms with van der Waals surface area (Å²) in [6.07, 6.45) is 0.693. The van der Waals surface area contributed by atoms with Crippen LogP contribution < -0.4 is 10.1 Å². The summed E-state index contributed by atoms with van der Waals surface area (Å²) in [5.74, 6) is 1.42. The Labute approximate surface area is 110 Å². The summed E-state index contributed by atoms with van der Waals surface area (Å²) in [6.45, 7) is 6.93. The molecule has 0 bridgehead atoms. The Morgan fingerprint density at radius 2 is 2.11 bits per heavy atom. The monoisotopic (exact) mass is 246 g/mol. The van der Waals surface area contributed by atoms with Crippen LogP contribution in [0.5, 0.6) is 5.75 Å². The number of aryl methyl sites for hydroxylation is 1. The van der Waals surface area contributed by atoms with Gasteiger partial charge in [0.2, 0.25) is 0 Å². The summed E-state index contributed by atoms with van der Waals surface area (Å²) in [5.41, 5.74) is 2.42. The van der Waals surface area contributed by atoms with E-state index in [-0.39, 0.29) is 6.04 Å². The molecule has 0 amide bonds. The van der Waals surface area contributed by atoms with E-state index in [1.54, 1.807) is 7.05 Å². The summed E-state index contributed by atoms with van der Waals surface area (Å²) in [6, 6.07) is 8.37. The predicted octanol–water partition coefficient (Wildman–Crippen LogP) is 3.00. The number of ether oxygens (including phenoxy) is 1. The number of rotatable bonds is 6. The topological polar surface area (TPSA) is 45.0 Å². The molecule has 3 nitrogen and oxygen atoms in total. The first-order valence-electron chi connectivity index (χ1n) is 6.38. The number of nitrogens with one attached hydrogen (secondary N) is 1. The van der Waals surface area contributed by atoms with E-state index in [4.69, 9.17) is 10.00 Å². The normalized spacial score (nSPS) is 12.2. The van der Waals surface area contributed by atoms with Crippen molar-refractivity contribution in [1.29, 1.82) is 5.26 Å². The number of nitrogens with zero attached hydrogens (tertiary/aromatic N) is 1. The van der Waals surface area contributed by atoms with Gasteiger partial charge in [0.25, 0.3) is 0 Å². The summed E-state index contributed by atoms with van der Waals surface area (Å²) < 4.78 is 5.77. The fourth-order valence-electron chi connectivity index (χ4n) is 1.69. The van der Waals surface area contributed by atoms with Gasteiger partial charge < -0.3 is 10.1 Å². The minimum absolute atomic E-state index is 0.140. The molecule has 0 fully saturated rings. The van der Waals surface area contributed by atoms with Crippen molar-refractivity contribution in [1.82, 2.24) is 5.32 Å². The Morgan fingerprint density at radius 3 is 2.67 bits per heavy atom. The first-order valence-corrected chi connectivity index (χ1v) is 6.38. The van der Waals surface area contributed by atoms with Gasteiger partial charge in [0.05, 0.1) is 18.7 Å². The molecule has 1 unspecified atom stereocenters. The van der Waals surface area contributed by atoms with Crippen LogP contribution in [0.15, 0.2) is 18.2 Å². The number of hydrogen-bond donors (Lipinski definition) is 1. The van der Waals surface area contributed by atoms with Gasteiger partial charge in [0, 0.05) is 6.42 Å². The molecule has 0 aliphatic rings. The molecule has 0 saturated carbocycles. The summed E-state index contributed by atoms with van der Waals surface area (Å²) in [5, 5.41) is 11.8. The Bertz CT molecular complexity index is 421. The second kappa shape index (κ2) is 7.03. The molecule has 0 spiro atoms. The van der Waals surface area contributed by atoms with Crippen molar-refractivity contribution < 1.29 is 4.74 Å². The zero-order chi connectivity index (χ0) is 13.5. The van der Waals surface area contributed by atoms with Crippen LogP contribution in [0.1, 0.15) is 37.3 Å². The van der Waals surface area contributed by atoms with Gasteiger partial charge in [-0.05, 0) is 37.1 Å². The highest BCUT2D eigenvalue weighted by atomic mass is 16.5. The largest absolute Gasteiger partial charge is 0.493 e. The quantitative estimate of drug-likeness (QED) is 0.839. The smallest absolute Gasteiger partial charge is 0.122 e. The van der Waals surface area contributed by atoms with Crippen LogP contribution in [0.25, 0.3) is 0 Å². The molecule has 1 atom stereocenters. The van der Waals surface area contributed by atoms with Crippen molar-refractivity contribution in [2.75, 3.05) is 13.7 Å². The molecular weight excluding hydrogens is 224 g/mol. The fourth-order valence-corrected chi connectivity index (χ4v) is 1.69. The lowest BCUT2D eigenvalue weighted by molar-refractivity contribution is 0.298. The summed E-state index contributed by atoms with van der Waals surface area (Å²) in [4.78, 5) is 0. The van der Waals surface area contributed by atoms with E-state index in [2.05, 4.69) is 43.4 Å². The third-order valence-electron chi connectivity index (χ3n) is 3.05. The van der Waals surface area contributed by atoms with E-state index in [0.29, 0.717) is 18.9 Å². The van der Waals surface area contributed by atoms with E-state index in [9.17, 15) is 0 Å². The van der Waals surface area contributed by atoms with Gasteiger partial charge >= 0.3 is 0 Å². The Balaban J connectivity index is 2.61. The second-order valence-corrected chi connectivity index (χ2v) is 4.79. The second-order valence-electron chi connectivity index (χ2n) is 4.79. The Hall–Kier alpha value is -1.53. The summed E-state index contributed by atoms with van der Waals surface area (Å²) in [7, 11) is 1.79. The van der Waals surface area contributed by atoms with Crippen molar-refractivity contribution in [3.63, 3.8) is 0 Å². The standard InChI is InChI=1S/C15H22N2O/c1-11(2)13-6-5-12(3)15(9-13)18-8-7-14(10-16)17-4/h5-6,9,11,14,17H,7-8H2,1-4H3. The minimum atomic E-state index is -0.140. The van der Waals surface area contributed by atoms with Crippen LogP contribution in [0, 0.1) is 18.3 Å². The molecule has 1 aromatic carbocycles. The molecule has 0 heterocycles. The zero-order valence-electron chi connectivity index (χ0n) is 11.7. The van der Waals surface area contributed by atoms with Gasteiger partial charge in [0.15, 0.2) is 0 Å². The highest BCUT2D eigenvalue weighted by Gasteiger charge is 2.07. The lowest BCUT2D eigenvalue weighted by Gasteiger charge is -2.14. The van der Waals surface area contributed by atoms with Crippen LogP contribution in [0.2, 0.25) is 0 Å². The lowest BCUT2D eigenvalue weighted by Crippen LogP contribution is -2.25. The SMILES string of the molecule is CNC(C#N)CCOc1cc(C(C)C)ccc1C. The van der Waals surface area contributed by atoms with E-state index < -0.39 is 0 Å². The van der Waals surface area contributed by atoms with E-state index >= 15 is 0 Å². The third kappa shape index (κ3) is 4.05. The van der Waals surface area contributed by atoms with Crippen LogP contribution in [0.4, 0.5) is 0 Å². The fraction of sp³-hybridized carbons (Fsp3) is 0.533. The molecule has 0 saturated heterocycles. The van der Waals surface area contributed by atoms with Crippen molar-refractivity contribution >= 4 is 0 Å². The zero-order valence-corrected chi connectivity index (χ0v) is 11.7. The Morgan fingerprint density at radius 1 is 1.39 bits per heavy atom. The van der Waals surface area contributed by atoms with Gasteiger partial charge in [-0.2, -0.15) is 5.26 Å². The van der Waals surface area contributed by atoms with Crippen molar-refractivity contribution in [2.45, 2.75) is 39.2 Å². The van der Waals surface area contributed by atoms with E-state index in [0.717, 1.165) is 11.3 Å². The molecule has 0 aliphatic heterocycles. The molecule has 3 heteroatoms. The van der Waals surface area contributed by atoms with Crippen molar-refractivity contribution in [3.8, 4) is 11.8 Å². The van der Waals surface area contributed by atoms with Crippen LogP contribution >= 0.6 is 0 Å². The molecule has 18 heavy (non-hydrogen) atoms. The molecule has 0 aliphatic carbocycles. The maximum atomic E-state index is 8.83. The minimum Gasteiger partial charge on any atom is -0.493 e. The first kappa shape index (κ1) is 14.5. The van der Waals surface area contributed by atoms with Crippen molar-refractivity contribution in [2.24, 2.45) is 0 Å². The molecule has 0 radical (unpaired) electrons. The molecule has 1 rings (SSSR count). The third-order valence-corrected chi connectivity index (χ3v) is 3.05. The number of benzene rings is 1. The van der Waals surface area contributed by atoms with E-state index in [1.807, 2.05) is 6.92 Å². The van der Waals surface area contributed by atoms with Gasteiger partial charge in [0.1, 0.15) is 5.75 Å². The van der Waals surface area contributed by atoms with Crippen LogP contribution in [-0.4, -0.2) is 19.7 Å². The average molecular weight is 246 g/mol. The average Bonchev–Trinajstić information content (AvgIpc) is 2.36. The molecule has 98 valence electrons. The highest BCUT2D eigenvalue weighted by Crippen LogP contribution is 2.24. The number of nitriles is 1. The summed E-state index contributed by atoms with van der Waals surface area (Å²) >= 11 is 0. The first-order chi connectivity index (χ1) is 8.58. The van der Waals surface area contributed by atoms with Crippen LogP contribution in [0.3, 0.4) is 0 Å².